The normalized spacial score (nSPS) is 27.7. The number of piperidine rings is 1. The van der Waals surface area contributed by atoms with Crippen molar-refractivity contribution in [3.63, 3.8) is 0 Å². The average Bonchev–Trinajstić information content (AvgIpc) is 2.74. The van der Waals surface area contributed by atoms with Gasteiger partial charge < -0.3 is 14.7 Å². The van der Waals surface area contributed by atoms with Crippen LogP contribution < -0.4 is 4.74 Å². The van der Waals surface area contributed by atoms with Crippen molar-refractivity contribution in [2.75, 3.05) is 6.54 Å². The first-order valence-electron chi connectivity index (χ1n) is 10.4. The molecule has 0 radical (unpaired) electrons. The Balaban J connectivity index is 1.57. The molecule has 0 aromatic heterocycles. The fraction of sp³-hybridized carbons (Fsp3) is 0.417. The number of ether oxygens (including phenoxy) is 1. The third kappa shape index (κ3) is 2.67. The Labute approximate surface area is 170 Å². The fourth-order valence-corrected chi connectivity index (χ4v) is 5.91. The van der Waals surface area contributed by atoms with Gasteiger partial charge in [-0.15, -0.1) is 0 Å². The smallest absolute Gasteiger partial charge is 0.209 e. The summed E-state index contributed by atoms with van der Waals surface area (Å²) in [6, 6.07) is 13.6. The van der Waals surface area contributed by atoms with Crippen molar-refractivity contribution < 1.29 is 19.4 Å². The van der Waals surface area contributed by atoms with E-state index in [1.165, 1.54) is 0 Å². The lowest BCUT2D eigenvalue weighted by molar-refractivity contribution is -0.141. The van der Waals surface area contributed by atoms with Crippen molar-refractivity contribution in [1.29, 1.82) is 0 Å². The molecule has 1 N–H and O–H groups in total. The second-order valence-electron chi connectivity index (χ2n) is 8.48. The molecule has 29 heavy (non-hydrogen) atoms. The first-order valence-corrected chi connectivity index (χ1v) is 10.4. The van der Waals surface area contributed by atoms with Gasteiger partial charge >= 0.3 is 0 Å². The highest BCUT2D eigenvalue weighted by Gasteiger charge is 2.59. The Kier molecular flexibility index (Phi) is 4.34. The molecule has 1 amide bonds. The highest BCUT2D eigenvalue weighted by atomic mass is 16.5. The summed E-state index contributed by atoms with van der Waals surface area (Å²) in [5.74, 6) is 0.818. The molecular weight excluding hydrogens is 366 g/mol. The van der Waals surface area contributed by atoms with Crippen molar-refractivity contribution in [1.82, 2.24) is 4.90 Å². The van der Waals surface area contributed by atoms with Crippen LogP contribution in [-0.2, 0) is 28.0 Å². The van der Waals surface area contributed by atoms with Crippen molar-refractivity contribution in [2.45, 2.75) is 50.2 Å². The number of phenolic OH excluding ortho intramolecular Hbond substituents is 1. The van der Waals surface area contributed by atoms with E-state index < -0.39 is 5.41 Å². The van der Waals surface area contributed by atoms with Gasteiger partial charge in [-0.2, -0.15) is 0 Å². The molecule has 0 spiro atoms. The van der Waals surface area contributed by atoms with Crippen molar-refractivity contribution in [2.24, 2.45) is 5.92 Å². The molecule has 1 aliphatic heterocycles. The Hall–Kier alpha value is -2.82. The second-order valence-corrected chi connectivity index (χ2v) is 8.48. The zero-order valence-electron chi connectivity index (χ0n) is 16.3. The van der Waals surface area contributed by atoms with E-state index in [9.17, 15) is 14.7 Å². The third-order valence-corrected chi connectivity index (χ3v) is 7.18. The van der Waals surface area contributed by atoms with Gasteiger partial charge in [0.25, 0.3) is 0 Å². The summed E-state index contributed by atoms with van der Waals surface area (Å²) in [6.45, 7) is 0.920. The number of nitrogens with zero attached hydrogens (tertiary/aromatic N) is 1. The Morgan fingerprint density at radius 2 is 2.03 bits per heavy atom. The lowest BCUT2D eigenvalue weighted by atomic mass is 9.51. The van der Waals surface area contributed by atoms with Crippen LogP contribution in [0.2, 0.25) is 0 Å². The lowest BCUT2D eigenvalue weighted by Crippen LogP contribution is -2.63. The predicted molar refractivity (Wildman–Crippen MR) is 108 cm³/mol. The number of Topliss-reactive ketones (excluding diaryl/α,β-unsaturated/α-hetero) is 1. The Morgan fingerprint density at radius 1 is 1.21 bits per heavy atom. The Morgan fingerprint density at radius 3 is 2.83 bits per heavy atom. The van der Waals surface area contributed by atoms with Crippen LogP contribution in [0.15, 0.2) is 42.5 Å². The molecule has 2 aromatic rings. The van der Waals surface area contributed by atoms with Crippen LogP contribution in [0.5, 0.6) is 11.5 Å². The van der Waals surface area contributed by atoms with Crippen LogP contribution in [0.25, 0.3) is 0 Å². The highest BCUT2D eigenvalue weighted by molar-refractivity contribution is 5.94. The third-order valence-electron chi connectivity index (χ3n) is 7.18. The van der Waals surface area contributed by atoms with Gasteiger partial charge in [-0.25, -0.2) is 0 Å². The maximum Gasteiger partial charge on any atom is 0.209 e. The van der Waals surface area contributed by atoms with Gasteiger partial charge in [-0.3, -0.25) is 9.59 Å². The molecule has 2 aromatic carbocycles. The SMILES string of the molecule is O=CN1CCC23C(=O)CCCC2C1Cc1ccc(OCc2ccccc2)c(O)c13. The second kappa shape index (κ2) is 6.90. The predicted octanol–water partition coefficient (Wildman–Crippen LogP) is 3.37. The number of carbonyl (C=O) groups excluding carboxylic acids is 2. The summed E-state index contributed by atoms with van der Waals surface area (Å²) in [7, 11) is 0. The number of rotatable bonds is 4. The topological polar surface area (TPSA) is 66.8 Å². The molecule has 5 nitrogen and oxygen atoms in total. The van der Waals surface area contributed by atoms with E-state index in [-0.39, 0.29) is 23.5 Å². The van der Waals surface area contributed by atoms with Crippen LogP contribution >= 0.6 is 0 Å². The maximum atomic E-state index is 13.3. The standard InChI is InChI=1S/C24H25NO4/c26-15-25-12-11-24-18(7-4-8-21(24)27)19(25)13-17-9-10-20(23(28)22(17)24)29-14-16-5-2-1-3-6-16/h1-3,5-6,9-10,15,18-19,28H,4,7-8,11-14H2. The van der Waals surface area contributed by atoms with Crippen LogP contribution in [0.4, 0.5) is 0 Å². The number of amides is 1. The van der Waals surface area contributed by atoms with E-state index >= 15 is 0 Å². The number of aromatic hydroxyl groups is 1. The minimum absolute atomic E-state index is 0.0356. The van der Waals surface area contributed by atoms with Gasteiger partial charge in [0.05, 0.1) is 5.41 Å². The van der Waals surface area contributed by atoms with E-state index in [2.05, 4.69) is 0 Å². The average molecular weight is 391 g/mol. The monoisotopic (exact) mass is 391 g/mol. The largest absolute Gasteiger partial charge is 0.504 e. The van der Waals surface area contributed by atoms with Gasteiger partial charge in [0.2, 0.25) is 6.41 Å². The van der Waals surface area contributed by atoms with Crippen LogP contribution in [-0.4, -0.2) is 34.8 Å². The number of phenols is 1. The zero-order valence-corrected chi connectivity index (χ0v) is 16.3. The van der Waals surface area contributed by atoms with Gasteiger partial charge in [0.15, 0.2) is 11.5 Å². The number of ketones is 1. The van der Waals surface area contributed by atoms with Crippen molar-refractivity contribution in [3.05, 3.63) is 59.2 Å². The molecule has 2 aliphatic carbocycles. The summed E-state index contributed by atoms with van der Waals surface area (Å²) >= 11 is 0. The van der Waals surface area contributed by atoms with E-state index in [1.54, 1.807) is 6.07 Å². The van der Waals surface area contributed by atoms with Crippen LogP contribution in [0.3, 0.4) is 0 Å². The quantitative estimate of drug-likeness (QED) is 0.812. The van der Waals surface area contributed by atoms with E-state index in [0.717, 1.165) is 35.9 Å². The number of likely N-dealkylation sites (tertiary alicyclic amines) is 1. The maximum absolute atomic E-state index is 13.3. The molecule has 150 valence electrons. The molecule has 3 unspecified atom stereocenters. The number of hydrogen-bond acceptors (Lipinski definition) is 4. The minimum Gasteiger partial charge on any atom is -0.504 e. The van der Waals surface area contributed by atoms with E-state index in [0.29, 0.717) is 38.2 Å². The summed E-state index contributed by atoms with van der Waals surface area (Å²) in [6.07, 6.45) is 4.49. The summed E-state index contributed by atoms with van der Waals surface area (Å²) < 4.78 is 5.95. The first-order chi connectivity index (χ1) is 14.1. The van der Waals surface area contributed by atoms with Crippen molar-refractivity contribution in [3.8, 4) is 11.5 Å². The molecule has 1 saturated heterocycles. The van der Waals surface area contributed by atoms with E-state index in [1.807, 2.05) is 41.3 Å². The lowest BCUT2D eigenvalue weighted by Gasteiger charge is -2.57. The molecule has 1 heterocycles. The molecular formula is C24H25NO4. The van der Waals surface area contributed by atoms with E-state index in [4.69, 9.17) is 4.74 Å². The molecule has 2 bridgehead atoms. The molecule has 2 fully saturated rings. The van der Waals surface area contributed by atoms with Crippen molar-refractivity contribution >= 4 is 12.2 Å². The fourth-order valence-electron chi connectivity index (χ4n) is 5.91. The summed E-state index contributed by atoms with van der Waals surface area (Å²) in [4.78, 5) is 26.8. The Bertz CT molecular complexity index is 957. The molecule has 1 saturated carbocycles. The number of hydrogen-bond donors (Lipinski definition) is 1. The van der Waals surface area contributed by atoms with Gasteiger partial charge in [-0.1, -0.05) is 36.4 Å². The van der Waals surface area contributed by atoms with Crippen LogP contribution in [0.1, 0.15) is 42.4 Å². The highest BCUT2D eigenvalue weighted by Crippen LogP contribution is 2.57. The number of benzene rings is 2. The zero-order chi connectivity index (χ0) is 20.0. The summed E-state index contributed by atoms with van der Waals surface area (Å²) in [5, 5.41) is 11.2. The van der Waals surface area contributed by atoms with Gasteiger partial charge in [0, 0.05) is 24.6 Å². The molecule has 3 aliphatic rings. The van der Waals surface area contributed by atoms with Crippen LogP contribution in [0, 0.1) is 5.92 Å². The molecule has 5 heteroatoms. The number of fused-ring (bicyclic) bond motifs is 1. The van der Waals surface area contributed by atoms with Gasteiger partial charge in [0.1, 0.15) is 12.4 Å². The molecule has 3 atom stereocenters. The summed E-state index contributed by atoms with van der Waals surface area (Å²) in [5.41, 5.74) is 2.07. The number of carbonyl (C=O) groups is 2. The molecule has 5 rings (SSSR count). The van der Waals surface area contributed by atoms with Gasteiger partial charge in [-0.05, 0) is 48.8 Å². The first kappa shape index (κ1) is 18.2. The minimum atomic E-state index is -0.688.